The van der Waals surface area contributed by atoms with E-state index in [1.54, 1.807) is 13.3 Å². The monoisotopic (exact) mass is 519 g/mol. The van der Waals surface area contributed by atoms with Gasteiger partial charge in [0.15, 0.2) is 0 Å². The number of pyridine rings is 1. The molecule has 202 valence electrons. The first-order valence-electron chi connectivity index (χ1n) is 13.8. The topological polar surface area (TPSA) is 46.9 Å². The molecule has 1 aromatic heterocycles. The van der Waals surface area contributed by atoms with Gasteiger partial charge in [-0.25, -0.2) is 4.39 Å². The van der Waals surface area contributed by atoms with Gasteiger partial charge in [0.2, 0.25) is 0 Å². The molecule has 3 aliphatic rings. The standard InChI is InChI=1S/C31H38FN3O3/c1-30(2,37-3)19-33-14-11-31(20-33)12-15-34(21-31)28-9-6-24(17-27(28)32)35-13-10-23-16-25(38-18-22-4-5-22)7-8-26(23)29(35)36/h6-10,13,16-17,22H,4-5,11-12,14-15,18-21H2,1-3H3. The van der Waals surface area contributed by atoms with E-state index in [0.717, 1.165) is 63.3 Å². The molecule has 0 N–H and O–H groups in total. The SMILES string of the molecule is COC(C)(C)CN1CCC2(CCN(c3ccc(-n4ccc5cc(OCC6CC6)ccc5c4=O)cc3F)C2)C1. The molecule has 38 heavy (non-hydrogen) atoms. The van der Waals surface area contributed by atoms with Crippen molar-refractivity contribution < 1.29 is 13.9 Å². The molecular weight excluding hydrogens is 481 g/mol. The fourth-order valence-electron chi connectivity index (χ4n) is 6.16. The van der Waals surface area contributed by atoms with Gasteiger partial charge in [0.05, 0.1) is 23.6 Å². The van der Waals surface area contributed by atoms with Gasteiger partial charge >= 0.3 is 0 Å². The Morgan fingerprint density at radius 3 is 2.63 bits per heavy atom. The second-order valence-corrected chi connectivity index (χ2v) is 12.2. The highest BCUT2D eigenvalue weighted by atomic mass is 19.1. The van der Waals surface area contributed by atoms with Crippen LogP contribution in [-0.4, -0.2) is 61.5 Å². The minimum Gasteiger partial charge on any atom is -0.493 e. The van der Waals surface area contributed by atoms with Gasteiger partial charge < -0.3 is 14.4 Å². The number of nitrogens with zero attached hydrogens (tertiary/aromatic N) is 3. The first-order valence-corrected chi connectivity index (χ1v) is 13.8. The lowest BCUT2D eigenvalue weighted by Crippen LogP contribution is -2.40. The normalized spacial score (nSPS) is 22.2. The van der Waals surface area contributed by atoms with Crippen LogP contribution < -0.4 is 15.2 Å². The van der Waals surface area contributed by atoms with E-state index in [2.05, 4.69) is 23.6 Å². The summed E-state index contributed by atoms with van der Waals surface area (Å²) in [5.74, 6) is 1.17. The minimum absolute atomic E-state index is 0.159. The number of ether oxygens (including phenoxy) is 2. The van der Waals surface area contributed by atoms with Crippen molar-refractivity contribution in [3.8, 4) is 11.4 Å². The highest BCUT2D eigenvalue weighted by Gasteiger charge is 2.44. The molecule has 0 amide bonds. The highest BCUT2D eigenvalue weighted by molar-refractivity contribution is 5.83. The van der Waals surface area contributed by atoms with Crippen molar-refractivity contribution in [1.82, 2.24) is 9.47 Å². The molecule has 2 saturated heterocycles. The summed E-state index contributed by atoms with van der Waals surface area (Å²) in [7, 11) is 1.77. The molecule has 6 rings (SSSR count). The summed E-state index contributed by atoms with van der Waals surface area (Å²) >= 11 is 0. The van der Waals surface area contributed by atoms with Crippen LogP contribution in [0.5, 0.6) is 5.75 Å². The smallest absolute Gasteiger partial charge is 0.262 e. The molecule has 0 bridgehead atoms. The van der Waals surface area contributed by atoms with Gasteiger partial charge in [-0.05, 0) is 93.8 Å². The maximum atomic E-state index is 15.5. The molecule has 2 aliphatic heterocycles. The Labute approximate surface area is 223 Å². The third-order valence-corrected chi connectivity index (χ3v) is 8.72. The van der Waals surface area contributed by atoms with Gasteiger partial charge in [0.25, 0.3) is 5.56 Å². The van der Waals surface area contributed by atoms with Gasteiger partial charge in [-0.3, -0.25) is 14.3 Å². The van der Waals surface area contributed by atoms with Crippen LogP contribution in [0.4, 0.5) is 10.1 Å². The average Bonchev–Trinajstić information content (AvgIpc) is 3.53. The summed E-state index contributed by atoms with van der Waals surface area (Å²) in [5, 5.41) is 1.43. The van der Waals surface area contributed by atoms with E-state index in [0.29, 0.717) is 22.7 Å². The first-order chi connectivity index (χ1) is 18.2. The molecule has 1 saturated carbocycles. The number of hydrogen-bond donors (Lipinski definition) is 0. The zero-order valence-electron chi connectivity index (χ0n) is 22.7. The van der Waals surface area contributed by atoms with E-state index < -0.39 is 0 Å². The van der Waals surface area contributed by atoms with Crippen LogP contribution in [0.25, 0.3) is 16.5 Å². The zero-order chi connectivity index (χ0) is 26.5. The predicted molar refractivity (Wildman–Crippen MR) is 149 cm³/mol. The molecule has 3 fully saturated rings. The van der Waals surface area contributed by atoms with Crippen LogP contribution in [-0.2, 0) is 4.74 Å². The maximum absolute atomic E-state index is 15.5. The van der Waals surface area contributed by atoms with Gasteiger partial charge in [-0.1, -0.05) is 0 Å². The average molecular weight is 520 g/mol. The van der Waals surface area contributed by atoms with Crippen LogP contribution in [0.15, 0.2) is 53.5 Å². The number of fused-ring (bicyclic) bond motifs is 1. The fraction of sp³-hybridized carbons (Fsp3) is 0.516. The van der Waals surface area contributed by atoms with Crippen molar-refractivity contribution in [3.63, 3.8) is 0 Å². The van der Waals surface area contributed by atoms with E-state index in [1.807, 2.05) is 36.4 Å². The summed E-state index contributed by atoms with van der Waals surface area (Å²) in [5.41, 5.74) is 1.03. The summed E-state index contributed by atoms with van der Waals surface area (Å²) in [6, 6.07) is 12.6. The maximum Gasteiger partial charge on any atom is 0.262 e. The number of halogens is 1. The number of rotatable bonds is 8. The van der Waals surface area contributed by atoms with Crippen LogP contribution in [0, 0.1) is 17.2 Å². The summed E-state index contributed by atoms with van der Waals surface area (Å²) in [6.07, 6.45) is 6.39. The summed E-state index contributed by atoms with van der Waals surface area (Å²) in [6.45, 7) is 9.67. The summed E-state index contributed by atoms with van der Waals surface area (Å²) < 4.78 is 28.5. The highest BCUT2D eigenvalue weighted by Crippen LogP contribution is 2.42. The Hall–Kier alpha value is -2.90. The number of anilines is 1. The molecule has 1 aliphatic carbocycles. The first kappa shape index (κ1) is 25.4. The lowest BCUT2D eigenvalue weighted by Gasteiger charge is -2.30. The molecule has 7 heteroatoms. The van der Waals surface area contributed by atoms with Crippen molar-refractivity contribution in [3.05, 3.63) is 64.8 Å². The van der Waals surface area contributed by atoms with Crippen LogP contribution in [0.2, 0.25) is 0 Å². The Kier molecular flexibility index (Phi) is 6.47. The van der Waals surface area contributed by atoms with Gasteiger partial charge in [0, 0.05) is 56.4 Å². The van der Waals surface area contributed by atoms with E-state index in [-0.39, 0.29) is 22.4 Å². The minimum atomic E-state index is -0.286. The quantitative estimate of drug-likeness (QED) is 0.407. The number of aromatic nitrogens is 1. The van der Waals surface area contributed by atoms with Crippen molar-refractivity contribution in [2.75, 3.05) is 51.3 Å². The largest absolute Gasteiger partial charge is 0.493 e. The van der Waals surface area contributed by atoms with Gasteiger partial charge in [-0.2, -0.15) is 0 Å². The van der Waals surface area contributed by atoms with Crippen molar-refractivity contribution in [2.45, 2.75) is 45.1 Å². The Balaban J connectivity index is 1.17. The number of likely N-dealkylation sites (tertiary alicyclic amines) is 1. The molecule has 0 radical (unpaired) electrons. The molecule has 2 aromatic carbocycles. The fourth-order valence-corrected chi connectivity index (χ4v) is 6.16. The molecule has 3 aromatic rings. The number of benzene rings is 2. The Bertz CT molecular complexity index is 1400. The predicted octanol–water partition coefficient (Wildman–Crippen LogP) is 5.25. The number of hydrogen-bond acceptors (Lipinski definition) is 5. The molecular formula is C31H38FN3O3. The van der Waals surface area contributed by atoms with E-state index >= 15 is 4.39 Å². The number of methoxy groups -OCH3 is 1. The molecule has 6 nitrogen and oxygen atoms in total. The third kappa shape index (κ3) is 5.06. The third-order valence-electron chi connectivity index (χ3n) is 8.72. The Morgan fingerprint density at radius 1 is 1.05 bits per heavy atom. The molecule has 1 spiro atoms. The zero-order valence-corrected chi connectivity index (χ0v) is 22.7. The van der Waals surface area contributed by atoms with E-state index in [4.69, 9.17) is 9.47 Å². The molecule has 3 heterocycles. The van der Waals surface area contributed by atoms with E-state index in [9.17, 15) is 4.79 Å². The van der Waals surface area contributed by atoms with Crippen molar-refractivity contribution in [1.29, 1.82) is 0 Å². The Morgan fingerprint density at radius 2 is 1.87 bits per heavy atom. The van der Waals surface area contributed by atoms with Gasteiger partial charge in [-0.15, -0.1) is 0 Å². The van der Waals surface area contributed by atoms with Gasteiger partial charge in [0.1, 0.15) is 11.6 Å². The van der Waals surface area contributed by atoms with Crippen molar-refractivity contribution >= 4 is 16.5 Å². The summed E-state index contributed by atoms with van der Waals surface area (Å²) in [4.78, 5) is 17.9. The lowest BCUT2D eigenvalue weighted by atomic mass is 9.86. The van der Waals surface area contributed by atoms with Crippen LogP contribution in [0.3, 0.4) is 0 Å². The van der Waals surface area contributed by atoms with Crippen LogP contribution >= 0.6 is 0 Å². The lowest BCUT2D eigenvalue weighted by molar-refractivity contribution is -0.00438. The molecule has 1 unspecified atom stereocenters. The van der Waals surface area contributed by atoms with Crippen LogP contribution in [0.1, 0.15) is 39.5 Å². The van der Waals surface area contributed by atoms with Crippen molar-refractivity contribution in [2.24, 2.45) is 11.3 Å². The second-order valence-electron chi connectivity index (χ2n) is 12.2. The second kappa shape index (κ2) is 9.69. The van der Waals surface area contributed by atoms with E-state index in [1.165, 1.54) is 23.5 Å². The molecule has 1 atom stereocenters.